The van der Waals surface area contributed by atoms with Crippen LogP contribution in [-0.4, -0.2) is 31.4 Å². The number of nitriles is 1. The number of nitrogens with zero attached hydrogens (tertiary/aromatic N) is 5. The Balaban J connectivity index is 1.46. The largest absolute Gasteiger partial charge is 0.325 e. The molecule has 2 heterocycles. The van der Waals surface area contributed by atoms with E-state index in [4.69, 9.17) is 5.26 Å². The first-order valence-electron chi connectivity index (χ1n) is 8.52. The summed E-state index contributed by atoms with van der Waals surface area (Å²) < 4.78 is 2.10. The number of anilines is 1. The number of rotatable bonds is 6. The van der Waals surface area contributed by atoms with E-state index in [-0.39, 0.29) is 11.7 Å². The van der Waals surface area contributed by atoms with Gasteiger partial charge < -0.3 is 5.32 Å². The summed E-state index contributed by atoms with van der Waals surface area (Å²) in [4.78, 5) is 16.4. The molecule has 0 aliphatic heterocycles. The van der Waals surface area contributed by atoms with Crippen LogP contribution in [-0.2, 0) is 4.79 Å². The lowest BCUT2D eigenvalue weighted by atomic mass is 10.2. The van der Waals surface area contributed by atoms with Crippen molar-refractivity contribution in [1.82, 2.24) is 19.7 Å². The van der Waals surface area contributed by atoms with E-state index in [2.05, 4.69) is 31.1 Å². The Labute approximate surface area is 160 Å². The first kappa shape index (κ1) is 17.2. The van der Waals surface area contributed by atoms with Crippen molar-refractivity contribution in [1.29, 1.82) is 5.26 Å². The first-order valence-corrected chi connectivity index (χ1v) is 9.51. The number of thioether (sulfide) groups is 1. The van der Waals surface area contributed by atoms with Gasteiger partial charge in [-0.2, -0.15) is 5.26 Å². The van der Waals surface area contributed by atoms with Crippen LogP contribution in [0.1, 0.15) is 24.4 Å². The number of carbonyl (C=O) groups is 1. The maximum Gasteiger partial charge on any atom is 0.234 e. The second-order valence-corrected chi connectivity index (χ2v) is 7.12. The highest BCUT2D eigenvalue weighted by atomic mass is 32.2. The predicted molar refractivity (Wildman–Crippen MR) is 102 cm³/mol. The molecule has 1 N–H and O–H groups in total. The maximum atomic E-state index is 12.3. The summed E-state index contributed by atoms with van der Waals surface area (Å²) in [6.07, 6.45) is 5.67. The maximum absolute atomic E-state index is 12.3. The van der Waals surface area contributed by atoms with Gasteiger partial charge in [0.25, 0.3) is 0 Å². The van der Waals surface area contributed by atoms with E-state index in [0.29, 0.717) is 17.3 Å². The Hall–Kier alpha value is -3.18. The van der Waals surface area contributed by atoms with Gasteiger partial charge in [0.05, 0.1) is 17.4 Å². The van der Waals surface area contributed by atoms with Gasteiger partial charge in [0.1, 0.15) is 0 Å². The molecule has 1 aliphatic rings. The molecule has 1 aromatic carbocycles. The third-order valence-corrected chi connectivity index (χ3v) is 5.05. The molecule has 0 saturated heterocycles. The monoisotopic (exact) mass is 376 g/mol. The molecule has 1 aliphatic carbocycles. The first-order chi connectivity index (χ1) is 13.2. The van der Waals surface area contributed by atoms with Crippen LogP contribution in [0.25, 0.3) is 11.4 Å². The molecule has 1 fully saturated rings. The van der Waals surface area contributed by atoms with Crippen molar-refractivity contribution in [3.63, 3.8) is 0 Å². The van der Waals surface area contributed by atoms with Crippen LogP contribution in [0.4, 0.5) is 5.69 Å². The van der Waals surface area contributed by atoms with Gasteiger partial charge in [0, 0.05) is 29.7 Å². The van der Waals surface area contributed by atoms with Crippen LogP contribution in [0.2, 0.25) is 0 Å². The van der Waals surface area contributed by atoms with Crippen molar-refractivity contribution in [3.05, 3.63) is 54.4 Å². The summed E-state index contributed by atoms with van der Waals surface area (Å²) in [5, 5.41) is 21.1. The number of aromatic nitrogens is 4. The van der Waals surface area contributed by atoms with Gasteiger partial charge in [-0.25, -0.2) is 0 Å². The van der Waals surface area contributed by atoms with Crippen LogP contribution in [0.5, 0.6) is 0 Å². The highest BCUT2D eigenvalue weighted by Crippen LogP contribution is 2.40. The summed E-state index contributed by atoms with van der Waals surface area (Å²) in [6.45, 7) is 0. The zero-order valence-electron chi connectivity index (χ0n) is 14.4. The van der Waals surface area contributed by atoms with E-state index in [0.717, 1.165) is 29.4 Å². The lowest BCUT2D eigenvalue weighted by Crippen LogP contribution is -2.14. The number of hydrogen-bond acceptors (Lipinski definition) is 6. The average molecular weight is 376 g/mol. The second-order valence-electron chi connectivity index (χ2n) is 6.18. The second kappa shape index (κ2) is 7.60. The van der Waals surface area contributed by atoms with E-state index in [9.17, 15) is 4.79 Å². The number of amides is 1. The van der Waals surface area contributed by atoms with Crippen LogP contribution < -0.4 is 5.32 Å². The molecule has 0 radical (unpaired) electrons. The van der Waals surface area contributed by atoms with E-state index in [1.807, 2.05) is 12.1 Å². The SMILES string of the molecule is N#Cc1cccc(NC(=O)CSc2nnc(-c3cccnc3)n2C2CC2)c1. The minimum atomic E-state index is -0.150. The zero-order valence-corrected chi connectivity index (χ0v) is 15.2. The molecule has 0 unspecified atom stereocenters. The fourth-order valence-corrected chi connectivity index (χ4v) is 3.53. The van der Waals surface area contributed by atoms with Gasteiger partial charge in [0.15, 0.2) is 11.0 Å². The summed E-state index contributed by atoms with van der Waals surface area (Å²) in [5.74, 6) is 0.855. The standard InChI is InChI=1S/C19H16N6OS/c20-10-13-3-1-5-15(9-13)22-17(26)12-27-19-24-23-18(25(19)16-6-7-16)14-4-2-8-21-11-14/h1-5,8-9,11,16H,6-7,12H2,(H,22,26). The third kappa shape index (κ3) is 3.99. The highest BCUT2D eigenvalue weighted by molar-refractivity contribution is 7.99. The van der Waals surface area contributed by atoms with Gasteiger partial charge in [-0.3, -0.25) is 14.3 Å². The smallest absolute Gasteiger partial charge is 0.234 e. The van der Waals surface area contributed by atoms with Crippen LogP contribution >= 0.6 is 11.8 Å². The van der Waals surface area contributed by atoms with Gasteiger partial charge in [-0.15, -0.1) is 10.2 Å². The average Bonchev–Trinajstić information content (AvgIpc) is 3.46. The highest BCUT2D eigenvalue weighted by Gasteiger charge is 2.30. The number of nitrogens with one attached hydrogen (secondary N) is 1. The normalized spacial score (nSPS) is 13.1. The minimum Gasteiger partial charge on any atom is -0.325 e. The van der Waals surface area contributed by atoms with E-state index in [1.54, 1.807) is 36.7 Å². The summed E-state index contributed by atoms with van der Waals surface area (Å²) in [5.41, 5.74) is 2.04. The quantitative estimate of drug-likeness (QED) is 0.663. The van der Waals surface area contributed by atoms with Gasteiger partial charge in [-0.1, -0.05) is 17.8 Å². The summed E-state index contributed by atoms with van der Waals surface area (Å²) >= 11 is 1.36. The molecule has 0 bridgehead atoms. The Morgan fingerprint density at radius 1 is 1.30 bits per heavy atom. The molecule has 7 nitrogen and oxygen atoms in total. The molecule has 1 saturated carbocycles. The molecule has 8 heteroatoms. The van der Waals surface area contributed by atoms with Gasteiger partial charge in [-0.05, 0) is 43.2 Å². The molecule has 3 aromatic rings. The topological polar surface area (TPSA) is 96.5 Å². The summed E-state index contributed by atoms with van der Waals surface area (Å²) in [7, 11) is 0. The molecule has 0 spiro atoms. The Kier molecular flexibility index (Phi) is 4.85. The van der Waals surface area contributed by atoms with Crippen molar-refractivity contribution < 1.29 is 4.79 Å². The molecule has 2 aromatic heterocycles. The summed E-state index contributed by atoms with van der Waals surface area (Å²) in [6, 6.07) is 13.1. The molecule has 0 atom stereocenters. The molecular weight excluding hydrogens is 360 g/mol. The van der Waals surface area contributed by atoms with E-state index < -0.39 is 0 Å². The predicted octanol–water partition coefficient (Wildman–Crippen LogP) is 3.28. The molecular formula is C19H16N6OS. The van der Waals surface area contributed by atoms with Crippen molar-refractivity contribution in [2.45, 2.75) is 24.0 Å². The molecule has 4 rings (SSSR count). The van der Waals surface area contributed by atoms with Crippen molar-refractivity contribution in [2.75, 3.05) is 11.1 Å². The van der Waals surface area contributed by atoms with Crippen molar-refractivity contribution in [3.8, 4) is 17.5 Å². The lowest BCUT2D eigenvalue weighted by Gasteiger charge is -2.09. The van der Waals surface area contributed by atoms with Crippen LogP contribution in [0.3, 0.4) is 0 Å². The van der Waals surface area contributed by atoms with Crippen LogP contribution in [0, 0.1) is 11.3 Å². The number of benzene rings is 1. The fourth-order valence-electron chi connectivity index (χ4n) is 2.72. The van der Waals surface area contributed by atoms with E-state index >= 15 is 0 Å². The van der Waals surface area contributed by atoms with E-state index in [1.165, 1.54) is 11.8 Å². The van der Waals surface area contributed by atoms with Crippen molar-refractivity contribution in [2.24, 2.45) is 0 Å². The van der Waals surface area contributed by atoms with Crippen LogP contribution in [0.15, 0.2) is 53.9 Å². The Morgan fingerprint density at radius 2 is 2.19 bits per heavy atom. The van der Waals surface area contributed by atoms with Gasteiger partial charge in [0.2, 0.25) is 5.91 Å². The van der Waals surface area contributed by atoms with Crippen molar-refractivity contribution >= 4 is 23.4 Å². The zero-order chi connectivity index (χ0) is 18.6. The Bertz CT molecular complexity index is 1010. The minimum absolute atomic E-state index is 0.150. The lowest BCUT2D eigenvalue weighted by molar-refractivity contribution is -0.113. The fraction of sp³-hybridized carbons (Fsp3) is 0.211. The third-order valence-electron chi connectivity index (χ3n) is 4.10. The number of hydrogen-bond donors (Lipinski definition) is 1. The molecule has 27 heavy (non-hydrogen) atoms. The Morgan fingerprint density at radius 3 is 2.93 bits per heavy atom. The molecule has 1 amide bonds. The number of pyridine rings is 1. The van der Waals surface area contributed by atoms with Gasteiger partial charge >= 0.3 is 0 Å². The molecule has 134 valence electrons. The number of carbonyl (C=O) groups excluding carboxylic acids is 1.